The van der Waals surface area contributed by atoms with E-state index in [4.69, 9.17) is 9.84 Å². The first-order chi connectivity index (χ1) is 10.7. The summed E-state index contributed by atoms with van der Waals surface area (Å²) >= 11 is 0. The van der Waals surface area contributed by atoms with Crippen LogP contribution in [0.2, 0.25) is 0 Å². The van der Waals surface area contributed by atoms with E-state index in [1.807, 2.05) is 38.1 Å². The molecular weight excluding hydrogens is 296 g/mol. The Bertz CT molecular complexity index is 557. The second-order valence-corrected chi connectivity index (χ2v) is 6.39. The maximum Gasteiger partial charge on any atom is 0.317 e. The molecule has 0 bridgehead atoms. The summed E-state index contributed by atoms with van der Waals surface area (Å²) in [5.41, 5.74) is 0.780. The number of aliphatic carboxylic acids is 1. The van der Waals surface area contributed by atoms with Gasteiger partial charge in [-0.2, -0.15) is 0 Å². The molecule has 1 aromatic carbocycles. The van der Waals surface area contributed by atoms with Crippen molar-refractivity contribution in [2.75, 3.05) is 27.2 Å². The lowest BCUT2D eigenvalue weighted by Crippen LogP contribution is -2.45. The number of rotatable bonds is 7. The van der Waals surface area contributed by atoms with Gasteiger partial charge in [0.1, 0.15) is 5.75 Å². The van der Waals surface area contributed by atoms with Crippen molar-refractivity contribution in [2.45, 2.75) is 26.2 Å². The molecule has 0 aliphatic heterocycles. The summed E-state index contributed by atoms with van der Waals surface area (Å²) in [5.74, 6) is -0.743. The minimum absolute atomic E-state index is 0.167. The number of carbonyl (C=O) groups excluding carboxylic acids is 1. The Morgan fingerprint density at radius 2 is 2.04 bits per heavy atom. The number of benzene rings is 1. The predicted molar refractivity (Wildman–Crippen MR) is 88.8 cm³/mol. The molecule has 2 N–H and O–H groups in total. The lowest BCUT2D eigenvalue weighted by molar-refractivity contribution is -0.141. The number of amides is 2. The second-order valence-electron chi connectivity index (χ2n) is 6.39. The number of methoxy groups -OCH3 is 1. The van der Waals surface area contributed by atoms with Crippen LogP contribution in [-0.2, 0) is 10.2 Å². The third kappa shape index (κ3) is 5.47. The fourth-order valence-electron chi connectivity index (χ4n) is 2.15. The van der Waals surface area contributed by atoms with Crippen molar-refractivity contribution in [1.82, 2.24) is 10.2 Å². The molecule has 1 aromatic rings. The second kappa shape index (κ2) is 7.85. The molecule has 0 spiro atoms. The van der Waals surface area contributed by atoms with Crippen LogP contribution in [0.15, 0.2) is 24.3 Å². The van der Waals surface area contributed by atoms with Gasteiger partial charge in [-0.3, -0.25) is 4.79 Å². The SMILES string of the molecule is COc1cccc(C(C)(C)CNC(=O)N(C)CC(C)C(=O)O)c1. The molecule has 23 heavy (non-hydrogen) atoms. The van der Waals surface area contributed by atoms with Crippen LogP contribution in [0.5, 0.6) is 5.75 Å². The van der Waals surface area contributed by atoms with Crippen molar-refractivity contribution in [1.29, 1.82) is 0 Å². The van der Waals surface area contributed by atoms with Gasteiger partial charge in [0, 0.05) is 25.6 Å². The molecule has 0 aliphatic rings. The van der Waals surface area contributed by atoms with Crippen LogP contribution < -0.4 is 10.1 Å². The molecule has 1 rings (SSSR count). The van der Waals surface area contributed by atoms with Gasteiger partial charge in [0.25, 0.3) is 0 Å². The number of hydrogen-bond donors (Lipinski definition) is 2. The smallest absolute Gasteiger partial charge is 0.317 e. The highest BCUT2D eigenvalue weighted by Gasteiger charge is 2.23. The molecule has 1 unspecified atom stereocenters. The summed E-state index contributed by atoms with van der Waals surface area (Å²) in [6.45, 7) is 6.24. The lowest BCUT2D eigenvalue weighted by atomic mass is 9.84. The molecule has 0 saturated carbocycles. The number of hydrogen-bond acceptors (Lipinski definition) is 3. The van der Waals surface area contributed by atoms with E-state index in [-0.39, 0.29) is 18.0 Å². The van der Waals surface area contributed by atoms with Gasteiger partial charge in [-0.05, 0) is 17.7 Å². The minimum atomic E-state index is -0.915. The van der Waals surface area contributed by atoms with E-state index in [0.29, 0.717) is 6.54 Å². The lowest BCUT2D eigenvalue weighted by Gasteiger charge is -2.28. The van der Waals surface area contributed by atoms with E-state index in [9.17, 15) is 9.59 Å². The number of carboxylic acid groups (broad SMARTS) is 1. The molecule has 0 saturated heterocycles. The van der Waals surface area contributed by atoms with E-state index < -0.39 is 11.9 Å². The van der Waals surface area contributed by atoms with Crippen LogP contribution in [0.25, 0.3) is 0 Å². The van der Waals surface area contributed by atoms with Crippen molar-refractivity contribution >= 4 is 12.0 Å². The van der Waals surface area contributed by atoms with Crippen LogP contribution in [0, 0.1) is 5.92 Å². The summed E-state index contributed by atoms with van der Waals surface area (Å²) < 4.78 is 5.23. The largest absolute Gasteiger partial charge is 0.497 e. The summed E-state index contributed by atoms with van der Waals surface area (Å²) in [4.78, 5) is 24.3. The highest BCUT2D eigenvalue weighted by Crippen LogP contribution is 2.25. The Morgan fingerprint density at radius 1 is 1.39 bits per heavy atom. The van der Waals surface area contributed by atoms with Gasteiger partial charge in [0.2, 0.25) is 0 Å². The summed E-state index contributed by atoms with van der Waals surface area (Å²) in [5, 5.41) is 11.8. The summed E-state index contributed by atoms with van der Waals surface area (Å²) in [6.07, 6.45) is 0. The Balaban J connectivity index is 2.64. The number of carbonyl (C=O) groups is 2. The van der Waals surface area contributed by atoms with Crippen LogP contribution >= 0.6 is 0 Å². The molecule has 128 valence electrons. The zero-order valence-corrected chi connectivity index (χ0v) is 14.4. The van der Waals surface area contributed by atoms with Crippen molar-refractivity contribution in [3.8, 4) is 5.75 Å². The quantitative estimate of drug-likeness (QED) is 0.807. The third-order valence-electron chi connectivity index (χ3n) is 3.85. The van der Waals surface area contributed by atoms with Gasteiger partial charge in [0.15, 0.2) is 0 Å². The van der Waals surface area contributed by atoms with Crippen LogP contribution in [0.3, 0.4) is 0 Å². The van der Waals surface area contributed by atoms with Gasteiger partial charge in [0.05, 0.1) is 13.0 Å². The van der Waals surface area contributed by atoms with Crippen molar-refractivity contribution in [3.05, 3.63) is 29.8 Å². The van der Waals surface area contributed by atoms with Crippen molar-refractivity contribution < 1.29 is 19.4 Å². The highest BCUT2D eigenvalue weighted by atomic mass is 16.5. The standard InChI is InChI=1S/C17H26N2O4/c1-12(15(20)21)10-19(4)16(22)18-11-17(2,3)13-7-6-8-14(9-13)23-5/h6-9,12H,10-11H2,1-5H3,(H,18,22)(H,20,21). The van der Waals surface area contributed by atoms with Gasteiger partial charge in [-0.15, -0.1) is 0 Å². The Morgan fingerprint density at radius 3 is 2.61 bits per heavy atom. The highest BCUT2D eigenvalue weighted by molar-refractivity contribution is 5.75. The van der Waals surface area contributed by atoms with E-state index in [1.54, 1.807) is 21.1 Å². The first-order valence-corrected chi connectivity index (χ1v) is 7.53. The first kappa shape index (κ1) is 18.8. The first-order valence-electron chi connectivity index (χ1n) is 7.53. The zero-order chi connectivity index (χ0) is 17.6. The Kier molecular flexibility index (Phi) is 6.42. The van der Waals surface area contributed by atoms with Gasteiger partial charge in [-0.1, -0.05) is 32.9 Å². The molecule has 0 fully saturated rings. The zero-order valence-electron chi connectivity index (χ0n) is 14.4. The van der Waals surface area contributed by atoms with Gasteiger partial charge < -0.3 is 20.1 Å². The number of urea groups is 1. The maximum atomic E-state index is 12.1. The fraction of sp³-hybridized carbons (Fsp3) is 0.529. The third-order valence-corrected chi connectivity index (χ3v) is 3.85. The van der Waals surface area contributed by atoms with Crippen molar-refractivity contribution in [3.63, 3.8) is 0 Å². The van der Waals surface area contributed by atoms with Crippen LogP contribution in [0.1, 0.15) is 26.3 Å². The molecule has 1 atom stereocenters. The van der Waals surface area contributed by atoms with Crippen LogP contribution in [-0.4, -0.2) is 49.3 Å². The Labute approximate surface area is 137 Å². The number of carboxylic acids is 1. The normalized spacial score (nSPS) is 12.4. The minimum Gasteiger partial charge on any atom is -0.497 e. The average molecular weight is 322 g/mol. The molecule has 0 heterocycles. The number of ether oxygens (including phenoxy) is 1. The summed E-state index contributed by atoms with van der Waals surface area (Å²) in [6, 6.07) is 7.44. The number of nitrogens with zero attached hydrogens (tertiary/aromatic N) is 1. The van der Waals surface area contributed by atoms with Crippen molar-refractivity contribution in [2.24, 2.45) is 5.92 Å². The molecule has 0 radical (unpaired) electrons. The Hall–Kier alpha value is -2.24. The number of nitrogens with one attached hydrogen (secondary N) is 1. The monoisotopic (exact) mass is 322 g/mol. The van der Waals surface area contributed by atoms with Gasteiger partial charge >= 0.3 is 12.0 Å². The fourth-order valence-corrected chi connectivity index (χ4v) is 2.15. The molecule has 6 heteroatoms. The van der Waals surface area contributed by atoms with E-state index in [0.717, 1.165) is 11.3 Å². The molecular formula is C17H26N2O4. The van der Waals surface area contributed by atoms with Gasteiger partial charge in [-0.25, -0.2) is 4.79 Å². The summed E-state index contributed by atoms with van der Waals surface area (Å²) in [7, 11) is 3.21. The topological polar surface area (TPSA) is 78.9 Å². The van der Waals surface area contributed by atoms with E-state index >= 15 is 0 Å². The van der Waals surface area contributed by atoms with E-state index in [1.165, 1.54) is 4.90 Å². The molecule has 2 amide bonds. The van der Waals surface area contributed by atoms with Crippen LogP contribution in [0.4, 0.5) is 4.79 Å². The molecule has 0 aromatic heterocycles. The molecule has 6 nitrogen and oxygen atoms in total. The average Bonchev–Trinajstić information content (AvgIpc) is 2.52. The molecule has 0 aliphatic carbocycles. The van der Waals surface area contributed by atoms with E-state index in [2.05, 4.69) is 5.32 Å². The maximum absolute atomic E-state index is 12.1. The predicted octanol–water partition coefficient (Wildman–Crippen LogP) is 2.33.